The Morgan fingerprint density at radius 2 is 1.40 bits per heavy atom. The van der Waals surface area contributed by atoms with Crippen molar-refractivity contribution in [2.75, 3.05) is 0 Å². The van der Waals surface area contributed by atoms with Crippen LogP contribution in [0.2, 0.25) is 0 Å². The first-order chi connectivity index (χ1) is 20.0. The van der Waals surface area contributed by atoms with Crippen molar-refractivity contribution in [3.8, 4) is 33.6 Å². The Labute approximate surface area is 259 Å². The second kappa shape index (κ2) is 12.6. The SMILES string of the molecule is Cc1cnc(-c2[c-]cc(C)c(-c3ccccc3)c2)cc1C.Cc1ncc[c-]c1-c1cc2c(cn1)oc1ccccc12.[Ir]. The van der Waals surface area contributed by atoms with E-state index < -0.39 is 0 Å². The Morgan fingerprint density at radius 1 is 0.643 bits per heavy atom. The van der Waals surface area contributed by atoms with Gasteiger partial charge in [0.15, 0.2) is 5.58 Å². The summed E-state index contributed by atoms with van der Waals surface area (Å²) < 4.78 is 5.79. The van der Waals surface area contributed by atoms with E-state index in [9.17, 15) is 0 Å². The van der Waals surface area contributed by atoms with E-state index in [0.29, 0.717) is 0 Å². The molecule has 4 nitrogen and oxygen atoms in total. The molecule has 5 heteroatoms. The van der Waals surface area contributed by atoms with E-state index in [2.05, 4.69) is 96.4 Å². The van der Waals surface area contributed by atoms with Crippen molar-refractivity contribution in [1.82, 2.24) is 15.0 Å². The standard InChI is InChI=1S/C20H18N.C17H11N2O.Ir/c1-14-9-10-18(20-11-15(2)16(3)13-21-20)12-19(14)17-7-5-4-6-8-17;1-11-12(6-4-8-18-11)15-9-14-13-5-2-3-7-16(13)20-17(14)10-19-15;/h4-9,11-13H,1-3H3;2-5,7-10H,1H3;/q2*-1;. The zero-order valence-electron chi connectivity index (χ0n) is 23.9. The fourth-order valence-electron chi connectivity index (χ4n) is 4.88. The fourth-order valence-corrected chi connectivity index (χ4v) is 4.88. The van der Waals surface area contributed by atoms with Crippen LogP contribution in [-0.4, -0.2) is 15.0 Å². The Kier molecular flexibility index (Phi) is 8.72. The van der Waals surface area contributed by atoms with Crippen LogP contribution in [0.4, 0.5) is 0 Å². The summed E-state index contributed by atoms with van der Waals surface area (Å²) in [6.07, 6.45) is 5.44. The second-order valence-corrected chi connectivity index (χ2v) is 10.2. The van der Waals surface area contributed by atoms with Crippen molar-refractivity contribution in [3.05, 3.63) is 138 Å². The molecule has 0 aliphatic heterocycles. The Bertz CT molecular complexity index is 2000. The van der Waals surface area contributed by atoms with Gasteiger partial charge in [0.25, 0.3) is 0 Å². The third-order valence-electron chi connectivity index (χ3n) is 7.34. The number of hydrogen-bond donors (Lipinski definition) is 0. The summed E-state index contributed by atoms with van der Waals surface area (Å²) in [5, 5.41) is 2.18. The number of pyridine rings is 3. The Balaban J connectivity index is 0.000000164. The molecule has 0 aliphatic carbocycles. The Hall–Kier alpha value is -4.44. The van der Waals surface area contributed by atoms with E-state index in [0.717, 1.165) is 50.1 Å². The molecule has 1 radical (unpaired) electrons. The van der Waals surface area contributed by atoms with Crippen LogP contribution in [0.1, 0.15) is 22.4 Å². The first-order valence-corrected chi connectivity index (χ1v) is 13.6. The summed E-state index contributed by atoms with van der Waals surface area (Å²) in [5.74, 6) is 0. The van der Waals surface area contributed by atoms with E-state index in [1.165, 1.54) is 27.8 Å². The summed E-state index contributed by atoms with van der Waals surface area (Å²) >= 11 is 0. The molecule has 0 bridgehead atoms. The first-order valence-electron chi connectivity index (χ1n) is 13.6. The van der Waals surface area contributed by atoms with E-state index in [4.69, 9.17) is 4.42 Å². The number of benzene rings is 3. The number of aromatic nitrogens is 3. The quantitative estimate of drug-likeness (QED) is 0.171. The van der Waals surface area contributed by atoms with Crippen LogP contribution in [0.3, 0.4) is 0 Å². The normalized spacial score (nSPS) is 10.7. The number of furan rings is 1. The molecule has 42 heavy (non-hydrogen) atoms. The zero-order valence-corrected chi connectivity index (χ0v) is 26.3. The third-order valence-corrected chi connectivity index (χ3v) is 7.34. The van der Waals surface area contributed by atoms with Gasteiger partial charge in [0.1, 0.15) is 5.58 Å². The zero-order chi connectivity index (χ0) is 28.3. The molecule has 0 atom stereocenters. The minimum absolute atomic E-state index is 0. The summed E-state index contributed by atoms with van der Waals surface area (Å²) in [4.78, 5) is 13.3. The molecular formula is C37H29IrN3O-2. The van der Waals surface area contributed by atoms with Gasteiger partial charge in [-0.3, -0.25) is 0 Å². The minimum Gasteiger partial charge on any atom is -0.455 e. The van der Waals surface area contributed by atoms with Gasteiger partial charge < -0.3 is 19.4 Å². The largest absolute Gasteiger partial charge is 0.455 e. The van der Waals surface area contributed by atoms with Crippen molar-refractivity contribution in [3.63, 3.8) is 0 Å². The molecule has 7 rings (SSSR count). The number of fused-ring (bicyclic) bond motifs is 3. The predicted molar refractivity (Wildman–Crippen MR) is 166 cm³/mol. The Morgan fingerprint density at radius 3 is 2.19 bits per heavy atom. The number of hydrogen-bond acceptors (Lipinski definition) is 4. The molecule has 3 aromatic carbocycles. The van der Waals surface area contributed by atoms with Gasteiger partial charge in [-0.15, -0.1) is 47.0 Å². The monoisotopic (exact) mass is 724 g/mol. The van der Waals surface area contributed by atoms with Crippen LogP contribution in [-0.2, 0) is 20.1 Å². The van der Waals surface area contributed by atoms with Crippen molar-refractivity contribution in [2.24, 2.45) is 0 Å². The van der Waals surface area contributed by atoms with Crippen LogP contribution in [0, 0.1) is 39.8 Å². The maximum atomic E-state index is 5.79. The van der Waals surface area contributed by atoms with Gasteiger partial charge in [-0.25, -0.2) is 0 Å². The molecule has 0 amide bonds. The maximum absolute atomic E-state index is 5.79. The van der Waals surface area contributed by atoms with Crippen LogP contribution in [0.5, 0.6) is 0 Å². The van der Waals surface area contributed by atoms with Crippen molar-refractivity contribution in [2.45, 2.75) is 27.7 Å². The van der Waals surface area contributed by atoms with E-state index in [1.54, 1.807) is 12.4 Å². The summed E-state index contributed by atoms with van der Waals surface area (Å²) in [6, 6.07) is 35.2. The average molecular weight is 724 g/mol. The third kappa shape index (κ3) is 5.94. The van der Waals surface area contributed by atoms with Crippen molar-refractivity contribution in [1.29, 1.82) is 0 Å². The van der Waals surface area contributed by atoms with Crippen LogP contribution >= 0.6 is 0 Å². The number of aryl methyl sites for hydroxylation is 4. The smallest absolute Gasteiger partial charge is 0.151 e. The first kappa shape index (κ1) is 29.1. The molecule has 209 valence electrons. The average Bonchev–Trinajstić information content (AvgIpc) is 3.38. The molecule has 0 unspecified atom stereocenters. The van der Waals surface area contributed by atoms with Crippen molar-refractivity contribution >= 4 is 21.9 Å². The van der Waals surface area contributed by atoms with Gasteiger partial charge in [-0.1, -0.05) is 91.8 Å². The summed E-state index contributed by atoms with van der Waals surface area (Å²) in [6.45, 7) is 8.29. The van der Waals surface area contributed by atoms with Crippen LogP contribution < -0.4 is 0 Å². The van der Waals surface area contributed by atoms with Gasteiger partial charge in [0.05, 0.1) is 6.20 Å². The maximum Gasteiger partial charge on any atom is 0.151 e. The van der Waals surface area contributed by atoms with Gasteiger partial charge >= 0.3 is 0 Å². The van der Waals surface area contributed by atoms with E-state index in [1.807, 2.05) is 49.5 Å². The van der Waals surface area contributed by atoms with Crippen LogP contribution in [0.25, 0.3) is 55.6 Å². The molecule has 0 fully saturated rings. The minimum atomic E-state index is 0. The molecule has 4 aromatic heterocycles. The molecule has 4 heterocycles. The van der Waals surface area contributed by atoms with Crippen LogP contribution in [0.15, 0.2) is 108 Å². The van der Waals surface area contributed by atoms with Gasteiger partial charge in [0.2, 0.25) is 0 Å². The number of rotatable bonds is 3. The summed E-state index contributed by atoms with van der Waals surface area (Å²) in [5.41, 5.74) is 12.6. The predicted octanol–water partition coefficient (Wildman–Crippen LogP) is 9.29. The van der Waals surface area contributed by atoms with E-state index >= 15 is 0 Å². The van der Waals surface area contributed by atoms with Gasteiger partial charge in [0, 0.05) is 37.1 Å². The number of nitrogens with zero attached hydrogens (tertiary/aromatic N) is 3. The molecule has 7 aromatic rings. The van der Waals surface area contributed by atoms with Gasteiger partial charge in [-0.05, 0) is 48.1 Å². The molecule has 0 N–H and O–H groups in total. The molecule has 0 saturated heterocycles. The fraction of sp³-hybridized carbons (Fsp3) is 0.108. The van der Waals surface area contributed by atoms with E-state index in [-0.39, 0.29) is 20.1 Å². The summed E-state index contributed by atoms with van der Waals surface area (Å²) in [7, 11) is 0. The molecule has 0 spiro atoms. The second-order valence-electron chi connectivity index (χ2n) is 10.2. The molecular weight excluding hydrogens is 695 g/mol. The van der Waals surface area contributed by atoms with Crippen molar-refractivity contribution < 1.29 is 24.5 Å². The van der Waals surface area contributed by atoms with Gasteiger partial charge in [-0.2, -0.15) is 0 Å². The molecule has 0 aliphatic rings. The topological polar surface area (TPSA) is 51.8 Å². The number of para-hydroxylation sites is 1. The molecule has 0 saturated carbocycles.